The summed E-state index contributed by atoms with van der Waals surface area (Å²) in [6, 6.07) is 17.8. The highest BCUT2D eigenvalue weighted by atomic mass is 16.5. The molecule has 2 aromatic rings. The van der Waals surface area contributed by atoms with Crippen LogP contribution in [0.5, 0.6) is 11.5 Å². The van der Waals surface area contributed by atoms with Crippen LogP contribution < -0.4 is 9.47 Å². The molecule has 0 unspecified atom stereocenters. The molecule has 0 bridgehead atoms. The highest BCUT2D eigenvalue weighted by molar-refractivity contribution is 5.76. The monoisotopic (exact) mass is 339 g/mol. The lowest BCUT2D eigenvalue weighted by molar-refractivity contribution is -0.132. The molecule has 1 fully saturated rings. The quantitative estimate of drug-likeness (QED) is 0.805. The summed E-state index contributed by atoms with van der Waals surface area (Å²) in [4.78, 5) is 14.4. The van der Waals surface area contributed by atoms with Gasteiger partial charge in [0.05, 0.1) is 7.11 Å². The van der Waals surface area contributed by atoms with Crippen LogP contribution >= 0.6 is 0 Å². The first-order valence-corrected chi connectivity index (χ1v) is 8.87. The number of amides is 1. The third kappa shape index (κ3) is 4.99. The van der Waals surface area contributed by atoms with E-state index in [9.17, 15) is 4.79 Å². The van der Waals surface area contributed by atoms with Crippen LogP contribution in [0, 0.1) is 0 Å². The van der Waals surface area contributed by atoms with Crippen molar-refractivity contribution in [3.05, 3.63) is 60.2 Å². The second-order valence-corrected chi connectivity index (χ2v) is 6.36. The van der Waals surface area contributed by atoms with Crippen LogP contribution in [-0.2, 0) is 11.2 Å². The lowest BCUT2D eigenvalue weighted by atomic mass is 10.1. The molecule has 1 aliphatic heterocycles. The molecule has 1 heterocycles. The minimum atomic E-state index is 0.199. The second-order valence-electron chi connectivity index (χ2n) is 6.36. The molecular weight excluding hydrogens is 314 g/mol. The zero-order chi connectivity index (χ0) is 17.5. The number of methoxy groups -OCH3 is 1. The molecule has 0 atom stereocenters. The van der Waals surface area contributed by atoms with E-state index in [0.717, 1.165) is 49.4 Å². The minimum absolute atomic E-state index is 0.199. The molecule has 132 valence electrons. The van der Waals surface area contributed by atoms with Crippen molar-refractivity contribution >= 4 is 5.91 Å². The van der Waals surface area contributed by atoms with Gasteiger partial charge in [-0.25, -0.2) is 0 Å². The summed E-state index contributed by atoms with van der Waals surface area (Å²) in [5.74, 6) is 1.97. The van der Waals surface area contributed by atoms with Crippen LogP contribution in [0.25, 0.3) is 0 Å². The van der Waals surface area contributed by atoms with Gasteiger partial charge in [-0.1, -0.05) is 30.3 Å². The van der Waals surface area contributed by atoms with Crippen molar-refractivity contribution in [3.63, 3.8) is 0 Å². The Balaban J connectivity index is 1.43. The standard InChI is InChI=1S/C21H25NO3/c1-24-20-9-5-6-17(16-20)10-11-21(23)22-14-12-19(13-15-22)25-18-7-3-2-4-8-18/h2-9,16,19H,10-15H2,1H3. The molecule has 4 nitrogen and oxygen atoms in total. The maximum atomic E-state index is 12.4. The normalized spacial score (nSPS) is 15.0. The summed E-state index contributed by atoms with van der Waals surface area (Å²) in [5.41, 5.74) is 1.13. The Morgan fingerprint density at radius 2 is 1.76 bits per heavy atom. The van der Waals surface area contributed by atoms with Crippen molar-refractivity contribution in [3.8, 4) is 11.5 Å². The van der Waals surface area contributed by atoms with E-state index < -0.39 is 0 Å². The Bertz CT molecular complexity index is 679. The first-order chi connectivity index (χ1) is 12.2. The van der Waals surface area contributed by atoms with Crippen molar-refractivity contribution in [2.24, 2.45) is 0 Å². The fourth-order valence-electron chi connectivity index (χ4n) is 3.15. The van der Waals surface area contributed by atoms with Crippen LogP contribution in [0.1, 0.15) is 24.8 Å². The lowest BCUT2D eigenvalue weighted by Gasteiger charge is -2.32. The molecule has 2 aromatic carbocycles. The molecule has 0 saturated carbocycles. The molecule has 0 aliphatic carbocycles. The fourth-order valence-corrected chi connectivity index (χ4v) is 3.15. The number of para-hydroxylation sites is 1. The van der Waals surface area contributed by atoms with Gasteiger partial charge >= 0.3 is 0 Å². The highest BCUT2D eigenvalue weighted by Gasteiger charge is 2.23. The van der Waals surface area contributed by atoms with Crippen molar-refractivity contribution in [2.45, 2.75) is 31.8 Å². The van der Waals surface area contributed by atoms with Crippen LogP contribution in [0.2, 0.25) is 0 Å². The number of hydrogen-bond acceptors (Lipinski definition) is 3. The van der Waals surface area contributed by atoms with E-state index in [2.05, 4.69) is 0 Å². The Kier molecular flexibility index (Phi) is 5.94. The van der Waals surface area contributed by atoms with Gasteiger partial charge in [-0.2, -0.15) is 0 Å². The number of benzene rings is 2. The molecule has 4 heteroatoms. The number of hydrogen-bond donors (Lipinski definition) is 0. The summed E-state index contributed by atoms with van der Waals surface area (Å²) in [6.07, 6.45) is 3.26. The molecule has 0 N–H and O–H groups in total. The molecule has 0 aromatic heterocycles. The number of likely N-dealkylation sites (tertiary alicyclic amines) is 1. The van der Waals surface area contributed by atoms with Crippen LogP contribution in [0.4, 0.5) is 0 Å². The Hall–Kier alpha value is -2.49. The number of aryl methyl sites for hydroxylation is 1. The molecule has 3 rings (SSSR count). The van der Waals surface area contributed by atoms with Gasteiger partial charge in [-0.05, 0) is 36.2 Å². The van der Waals surface area contributed by atoms with Gasteiger partial charge in [0.1, 0.15) is 17.6 Å². The van der Waals surface area contributed by atoms with Gasteiger partial charge in [0, 0.05) is 32.4 Å². The van der Waals surface area contributed by atoms with Gasteiger partial charge < -0.3 is 14.4 Å². The van der Waals surface area contributed by atoms with E-state index in [1.165, 1.54) is 0 Å². The van der Waals surface area contributed by atoms with Crippen LogP contribution in [-0.4, -0.2) is 37.1 Å². The van der Waals surface area contributed by atoms with Gasteiger partial charge in [0.25, 0.3) is 0 Å². The number of carbonyl (C=O) groups excluding carboxylic acids is 1. The number of piperidine rings is 1. The van der Waals surface area contributed by atoms with Gasteiger partial charge in [0.2, 0.25) is 5.91 Å². The topological polar surface area (TPSA) is 38.8 Å². The van der Waals surface area contributed by atoms with Crippen LogP contribution in [0.3, 0.4) is 0 Å². The zero-order valence-electron chi connectivity index (χ0n) is 14.7. The Morgan fingerprint density at radius 3 is 2.48 bits per heavy atom. The van der Waals surface area contributed by atoms with E-state index in [4.69, 9.17) is 9.47 Å². The van der Waals surface area contributed by atoms with Crippen molar-refractivity contribution in [1.82, 2.24) is 4.90 Å². The second kappa shape index (κ2) is 8.56. The molecule has 25 heavy (non-hydrogen) atoms. The smallest absolute Gasteiger partial charge is 0.222 e. The fraction of sp³-hybridized carbons (Fsp3) is 0.381. The summed E-state index contributed by atoms with van der Waals surface area (Å²) >= 11 is 0. The molecule has 1 amide bonds. The average Bonchev–Trinajstić information content (AvgIpc) is 2.67. The predicted molar refractivity (Wildman–Crippen MR) is 98.0 cm³/mol. The van der Waals surface area contributed by atoms with Crippen molar-refractivity contribution in [1.29, 1.82) is 0 Å². The third-order valence-corrected chi connectivity index (χ3v) is 4.60. The van der Waals surface area contributed by atoms with Gasteiger partial charge in [-0.3, -0.25) is 4.79 Å². The molecular formula is C21H25NO3. The van der Waals surface area contributed by atoms with E-state index in [0.29, 0.717) is 6.42 Å². The van der Waals surface area contributed by atoms with E-state index in [1.807, 2.05) is 59.5 Å². The average molecular weight is 339 g/mol. The number of nitrogens with zero attached hydrogens (tertiary/aromatic N) is 1. The van der Waals surface area contributed by atoms with Crippen LogP contribution in [0.15, 0.2) is 54.6 Å². The number of ether oxygens (including phenoxy) is 2. The van der Waals surface area contributed by atoms with Gasteiger partial charge in [-0.15, -0.1) is 0 Å². The maximum absolute atomic E-state index is 12.4. The van der Waals surface area contributed by atoms with Crippen molar-refractivity contribution < 1.29 is 14.3 Å². The molecule has 0 spiro atoms. The summed E-state index contributed by atoms with van der Waals surface area (Å²) in [5, 5.41) is 0. The van der Waals surface area contributed by atoms with Gasteiger partial charge in [0.15, 0.2) is 0 Å². The van der Waals surface area contributed by atoms with E-state index in [1.54, 1.807) is 7.11 Å². The first kappa shape index (κ1) is 17.3. The van der Waals surface area contributed by atoms with Crippen molar-refractivity contribution in [2.75, 3.05) is 20.2 Å². The summed E-state index contributed by atoms with van der Waals surface area (Å²) in [7, 11) is 1.66. The number of rotatable bonds is 6. The zero-order valence-corrected chi connectivity index (χ0v) is 14.7. The summed E-state index contributed by atoms with van der Waals surface area (Å²) in [6.45, 7) is 1.54. The van der Waals surface area contributed by atoms with E-state index >= 15 is 0 Å². The Labute approximate surface area is 149 Å². The molecule has 1 saturated heterocycles. The number of carbonyl (C=O) groups is 1. The largest absolute Gasteiger partial charge is 0.497 e. The summed E-state index contributed by atoms with van der Waals surface area (Å²) < 4.78 is 11.2. The third-order valence-electron chi connectivity index (χ3n) is 4.60. The first-order valence-electron chi connectivity index (χ1n) is 8.87. The molecule has 0 radical (unpaired) electrons. The Morgan fingerprint density at radius 1 is 1.04 bits per heavy atom. The minimum Gasteiger partial charge on any atom is -0.497 e. The maximum Gasteiger partial charge on any atom is 0.222 e. The highest BCUT2D eigenvalue weighted by Crippen LogP contribution is 2.20. The lowest BCUT2D eigenvalue weighted by Crippen LogP contribution is -2.41. The predicted octanol–water partition coefficient (Wildman–Crippen LogP) is 3.70. The SMILES string of the molecule is COc1cccc(CCC(=O)N2CCC(Oc3ccccc3)CC2)c1. The molecule has 1 aliphatic rings. The van der Waals surface area contributed by atoms with E-state index in [-0.39, 0.29) is 12.0 Å².